The molecule has 3 heterocycles. The number of fused-ring (bicyclic) bond motifs is 1. The highest BCUT2D eigenvalue weighted by Gasteiger charge is 2.27. The fraction of sp³-hybridized carbons (Fsp3) is 0.292. The van der Waals surface area contributed by atoms with Gasteiger partial charge in [-0.1, -0.05) is 6.07 Å². The number of rotatable bonds is 5. The molecule has 2 aliphatic rings. The van der Waals surface area contributed by atoms with Crippen molar-refractivity contribution in [3.8, 4) is 22.9 Å². The molecule has 2 aliphatic heterocycles. The number of carbonyl (C=O) groups excluding carboxylic acids is 1. The fourth-order valence-electron chi connectivity index (χ4n) is 4.05. The number of anilines is 1. The summed E-state index contributed by atoms with van der Waals surface area (Å²) in [6, 6.07) is 13.7. The molecule has 2 aromatic carbocycles. The minimum atomic E-state index is -0.296. The van der Waals surface area contributed by atoms with Crippen LogP contribution in [0.5, 0.6) is 11.5 Å². The standard InChI is InChI=1S/C24H23FN4O3/c25-19-6-4-17(5-7-19)23-26-10-9-22(28-23)29-11-1-2-18(14-29)24(30)27-13-16-3-8-20-21(12-16)32-15-31-20/h3-10,12,18H,1-2,11,13-15H2,(H,27,30)/t18-/m1/s1. The minimum Gasteiger partial charge on any atom is -0.454 e. The normalized spacial score (nSPS) is 17.3. The number of hydrogen-bond donors (Lipinski definition) is 1. The average Bonchev–Trinajstić information content (AvgIpc) is 3.31. The van der Waals surface area contributed by atoms with Gasteiger partial charge in [-0.05, 0) is 60.9 Å². The van der Waals surface area contributed by atoms with E-state index in [1.807, 2.05) is 24.3 Å². The lowest BCUT2D eigenvalue weighted by atomic mass is 9.97. The van der Waals surface area contributed by atoms with Crippen molar-refractivity contribution in [2.24, 2.45) is 5.92 Å². The molecule has 0 saturated carbocycles. The number of hydrogen-bond acceptors (Lipinski definition) is 6. The van der Waals surface area contributed by atoms with Gasteiger partial charge in [-0.2, -0.15) is 0 Å². The smallest absolute Gasteiger partial charge is 0.231 e. The molecule has 0 spiro atoms. The third-order valence-electron chi connectivity index (χ3n) is 5.76. The Bertz CT molecular complexity index is 1120. The van der Waals surface area contributed by atoms with Crippen LogP contribution < -0.4 is 19.7 Å². The van der Waals surface area contributed by atoms with Crippen LogP contribution in [0.4, 0.5) is 10.2 Å². The summed E-state index contributed by atoms with van der Waals surface area (Å²) >= 11 is 0. The third kappa shape index (κ3) is 4.34. The molecule has 5 rings (SSSR count). The first kappa shape index (κ1) is 20.2. The highest BCUT2D eigenvalue weighted by atomic mass is 19.1. The van der Waals surface area contributed by atoms with Crippen molar-refractivity contribution in [1.82, 2.24) is 15.3 Å². The van der Waals surface area contributed by atoms with Crippen LogP contribution in [-0.4, -0.2) is 35.8 Å². The SMILES string of the molecule is O=C(NCc1ccc2c(c1)OCO2)[C@@H]1CCCN(c2ccnc(-c3ccc(F)cc3)n2)C1. The summed E-state index contributed by atoms with van der Waals surface area (Å²) in [5.74, 6) is 2.36. The van der Waals surface area contributed by atoms with Crippen LogP contribution in [0.15, 0.2) is 54.7 Å². The average molecular weight is 434 g/mol. The molecule has 1 fully saturated rings. The van der Waals surface area contributed by atoms with Gasteiger partial charge in [0.25, 0.3) is 0 Å². The van der Waals surface area contributed by atoms with Crippen molar-refractivity contribution in [3.63, 3.8) is 0 Å². The Kier molecular flexibility index (Phi) is 5.58. The number of ether oxygens (including phenoxy) is 2. The summed E-state index contributed by atoms with van der Waals surface area (Å²) in [7, 11) is 0. The summed E-state index contributed by atoms with van der Waals surface area (Å²) in [4.78, 5) is 23.9. The molecular weight excluding hydrogens is 411 g/mol. The van der Waals surface area contributed by atoms with Gasteiger partial charge in [-0.25, -0.2) is 14.4 Å². The molecule has 0 unspecified atom stereocenters. The Morgan fingerprint density at radius 3 is 2.84 bits per heavy atom. The van der Waals surface area contributed by atoms with Gasteiger partial charge >= 0.3 is 0 Å². The van der Waals surface area contributed by atoms with Gasteiger partial charge in [0.05, 0.1) is 5.92 Å². The maximum atomic E-state index is 13.2. The van der Waals surface area contributed by atoms with E-state index in [2.05, 4.69) is 20.2 Å². The van der Waals surface area contributed by atoms with Gasteiger partial charge in [-0.15, -0.1) is 0 Å². The van der Waals surface area contributed by atoms with E-state index < -0.39 is 0 Å². The first-order chi connectivity index (χ1) is 15.7. The number of carbonyl (C=O) groups is 1. The van der Waals surface area contributed by atoms with E-state index in [9.17, 15) is 9.18 Å². The zero-order chi connectivity index (χ0) is 21.9. The predicted molar refractivity (Wildman–Crippen MR) is 117 cm³/mol. The lowest BCUT2D eigenvalue weighted by molar-refractivity contribution is -0.125. The number of piperidine rings is 1. The third-order valence-corrected chi connectivity index (χ3v) is 5.76. The lowest BCUT2D eigenvalue weighted by Crippen LogP contribution is -2.43. The molecule has 8 heteroatoms. The Labute approximate surface area is 185 Å². The largest absolute Gasteiger partial charge is 0.454 e. The van der Waals surface area contributed by atoms with E-state index in [1.54, 1.807) is 18.3 Å². The van der Waals surface area contributed by atoms with Crippen LogP contribution in [0.2, 0.25) is 0 Å². The van der Waals surface area contributed by atoms with Crippen LogP contribution in [0.25, 0.3) is 11.4 Å². The van der Waals surface area contributed by atoms with Crippen molar-refractivity contribution >= 4 is 11.7 Å². The molecule has 0 bridgehead atoms. The van der Waals surface area contributed by atoms with E-state index >= 15 is 0 Å². The van der Waals surface area contributed by atoms with Crippen LogP contribution in [-0.2, 0) is 11.3 Å². The number of halogens is 1. The maximum Gasteiger partial charge on any atom is 0.231 e. The van der Waals surface area contributed by atoms with Crippen LogP contribution in [0, 0.1) is 11.7 Å². The van der Waals surface area contributed by atoms with Crippen LogP contribution >= 0.6 is 0 Å². The van der Waals surface area contributed by atoms with Crippen molar-refractivity contribution in [1.29, 1.82) is 0 Å². The first-order valence-electron chi connectivity index (χ1n) is 10.7. The van der Waals surface area contributed by atoms with E-state index in [-0.39, 0.29) is 24.4 Å². The summed E-state index contributed by atoms with van der Waals surface area (Å²) in [5.41, 5.74) is 1.72. The number of nitrogens with zero attached hydrogens (tertiary/aromatic N) is 3. The molecule has 3 aromatic rings. The van der Waals surface area contributed by atoms with Gasteiger partial charge in [0.15, 0.2) is 17.3 Å². The van der Waals surface area contributed by atoms with Crippen molar-refractivity contribution in [3.05, 3.63) is 66.1 Å². The number of amides is 1. The maximum absolute atomic E-state index is 13.2. The molecule has 1 amide bonds. The summed E-state index contributed by atoms with van der Waals surface area (Å²) in [5, 5.41) is 3.04. The molecule has 1 saturated heterocycles. The quantitative estimate of drug-likeness (QED) is 0.662. The molecule has 32 heavy (non-hydrogen) atoms. The van der Waals surface area contributed by atoms with Crippen molar-refractivity contribution in [2.75, 3.05) is 24.8 Å². The zero-order valence-electron chi connectivity index (χ0n) is 17.5. The molecule has 7 nitrogen and oxygen atoms in total. The zero-order valence-corrected chi connectivity index (χ0v) is 17.5. The Hall–Kier alpha value is -3.68. The summed E-state index contributed by atoms with van der Waals surface area (Å²) < 4.78 is 24.0. The predicted octanol–water partition coefficient (Wildman–Crippen LogP) is 3.54. The van der Waals surface area contributed by atoms with Crippen LogP contribution in [0.3, 0.4) is 0 Å². The van der Waals surface area contributed by atoms with Gasteiger partial charge in [0.2, 0.25) is 12.7 Å². The van der Waals surface area contributed by atoms with E-state index in [0.717, 1.165) is 42.1 Å². The second-order valence-electron chi connectivity index (χ2n) is 7.94. The Morgan fingerprint density at radius 1 is 1.12 bits per heavy atom. The number of nitrogens with one attached hydrogen (secondary N) is 1. The first-order valence-corrected chi connectivity index (χ1v) is 10.7. The lowest BCUT2D eigenvalue weighted by Gasteiger charge is -2.33. The van der Waals surface area contributed by atoms with Crippen molar-refractivity contribution in [2.45, 2.75) is 19.4 Å². The van der Waals surface area contributed by atoms with Gasteiger partial charge in [-0.3, -0.25) is 4.79 Å². The summed E-state index contributed by atoms with van der Waals surface area (Å²) in [6.45, 7) is 2.09. The van der Waals surface area contributed by atoms with E-state index in [1.165, 1.54) is 12.1 Å². The molecule has 164 valence electrons. The van der Waals surface area contributed by atoms with E-state index in [0.29, 0.717) is 24.7 Å². The van der Waals surface area contributed by atoms with Gasteiger partial charge in [0, 0.05) is 31.4 Å². The molecule has 0 aliphatic carbocycles. The topological polar surface area (TPSA) is 76.6 Å². The van der Waals surface area contributed by atoms with Crippen LogP contribution in [0.1, 0.15) is 18.4 Å². The Balaban J connectivity index is 1.23. The molecule has 1 N–H and O–H groups in total. The molecule has 1 atom stereocenters. The fourth-order valence-corrected chi connectivity index (χ4v) is 4.05. The van der Waals surface area contributed by atoms with Gasteiger partial charge < -0.3 is 19.7 Å². The monoisotopic (exact) mass is 434 g/mol. The Morgan fingerprint density at radius 2 is 1.97 bits per heavy atom. The second-order valence-corrected chi connectivity index (χ2v) is 7.94. The second kappa shape index (κ2) is 8.82. The minimum absolute atomic E-state index is 0.0279. The van der Waals surface area contributed by atoms with E-state index in [4.69, 9.17) is 9.47 Å². The highest BCUT2D eigenvalue weighted by Crippen LogP contribution is 2.32. The number of benzene rings is 2. The molecular formula is C24H23FN4O3. The summed E-state index contributed by atoms with van der Waals surface area (Å²) in [6.07, 6.45) is 3.43. The molecule has 1 aromatic heterocycles. The van der Waals surface area contributed by atoms with Gasteiger partial charge in [0.1, 0.15) is 11.6 Å². The number of aromatic nitrogens is 2. The highest BCUT2D eigenvalue weighted by molar-refractivity contribution is 5.79. The van der Waals surface area contributed by atoms with Crippen molar-refractivity contribution < 1.29 is 18.7 Å². The molecule has 0 radical (unpaired) electrons.